The SMILES string of the molecule is O=C1c2ccccc2N(c2c3ccccc3cc3ccccc23)C2C=CC=CC12. The summed E-state index contributed by atoms with van der Waals surface area (Å²) >= 11 is 0. The molecule has 4 aromatic carbocycles. The van der Waals surface area contributed by atoms with Crippen molar-refractivity contribution in [3.05, 3.63) is 109 Å². The average Bonchev–Trinajstić information content (AvgIpc) is 2.79. The highest BCUT2D eigenvalue weighted by Gasteiger charge is 2.39. The van der Waals surface area contributed by atoms with Gasteiger partial charge in [-0.15, -0.1) is 0 Å². The third-order valence-electron chi connectivity index (χ3n) is 6.12. The van der Waals surface area contributed by atoms with Crippen LogP contribution in [0.5, 0.6) is 0 Å². The highest BCUT2D eigenvalue weighted by atomic mass is 16.1. The quantitative estimate of drug-likeness (QED) is 0.358. The van der Waals surface area contributed by atoms with Gasteiger partial charge in [-0.25, -0.2) is 0 Å². The number of nitrogens with zero attached hydrogens (tertiary/aromatic N) is 1. The third kappa shape index (κ3) is 2.32. The second-order valence-corrected chi connectivity index (χ2v) is 7.71. The van der Waals surface area contributed by atoms with Crippen molar-refractivity contribution in [2.24, 2.45) is 5.92 Å². The van der Waals surface area contributed by atoms with E-state index in [1.807, 2.05) is 30.4 Å². The minimum Gasteiger partial charge on any atom is -0.332 e. The van der Waals surface area contributed by atoms with Crippen molar-refractivity contribution in [2.45, 2.75) is 6.04 Å². The molecule has 0 bridgehead atoms. The fourth-order valence-electron chi connectivity index (χ4n) is 4.84. The number of rotatable bonds is 1. The van der Waals surface area contributed by atoms with E-state index < -0.39 is 0 Å². The maximum Gasteiger partial charge on any atom is 0.174 e. The second kappa shape index (κ2) is 6.18. The summed E-state index contributed by atoms with van der Waals surface area (Å²) in [7, 11) is 0. The molecule has 2 nitrogen and oxygen atoms in total. The van der Waals surface area contributed by atoms with Crippen LogP contribution in [0.15, 0.2) is 103 Å². The normalized spacial score (nSPS) is 20.1. The molecule has 4 aromatic rings. The van der Waals surface area contributed by atoms with Gasteiger partial charge >= 0.3 is 0 Å². The topological polar surface area (TPSA) is 20.3 Å². The van der Waals surface area contributed by atoms with E-state index >= 15 is 0 Å². The number of carbonyl (C=O) groups excluding carboxylic acids is 1. The Balaban J connectivity index is 1.76. The molecule has 0 aromatic heterocycles. The zero-order valence-electron chi connectivity index (χ0n) is 15.8. The number of Topliss-reactive ketones (excluding diaryl/α,β-unsaturated/α-hetero) is 1. The first-order valence-electron chi connectivity index (χ1n) is 10.0. The number of ketones is 1. The standard InChI is InChI=1S/C27H19NO/c29-27-22-13-5-7-15-24(22)28(25-16-8-6-14-23(25)27)26-20-11-3-1-9-18(20)17-19-10-2-4-12-21(19)26/h1-17,22,24H. The van der Waals surface area contributed by atoms with E-state index in [9.17, 15) is 4.79 Å². The number of anilines is 2. The van der Waals surface area contributed by atoms with E-state index in [1.54, 1.807) is 0 Å². The van der Waals surface area contributed by atoms with Gasteiger partial charge in [-0.3, -0.25) is 4.79 Å². The maximum atomic E-state index is 13.2. The summed E-state index contributed by atoms with van der Waals surface area (Å²) in [4.78, 5) is 15.6. The molecular weight excluding hydrogens is 354 g/mol. The first-order valence-corrected chi connectivity index (χ1v) is 10.0. The zero-order chi connectivity index (χ0) is 19.4. The van der Waals surface area contributed by atoms with Crippen molar-refractivity contribution in [3.8, 4) is 0 Å². The average molecular weight is 373 g/mol. The van der Waals surface area contributed by atoms with Crippen LogP contribution in [-0.2, 0) is 0 Å². The van der Waals surface area contributed by atoms with Gasteiger partial charge in [-0.05, 0) is 29.0 Å². The van der Waals surface area contributed by atoms with Crippen molar-refractivity contribution >= 4 is 38.7 Å². The van der Waals surface area contributed by atoms with E-state index in [0.29, 0.717) is 0 Å². The van der Waals surface area contributed by atoms with E-state index in [0.717, 1.165) is 11.3 Å². The highest BCUT2D eigenvalue weighted by Crippen LogP contribution is 2.46. The third-order valence-corrected chi connectivity index (χ3v) is 6.12. The van der Waals surface area contributed by atoms with E-state index in [4.69, 9.17) is 0 Å². The summed E-state index contributed by atoms with van der Waals surface area (Å²) < 4.78 is 0. The number of hydrogen-bond donors (Lipinski definition) is 0. The van der Waals surface area contributed by atoms with E-state index in [-0.39, 0.29) is 17.7 Å². The molecule has 2 atom stereocenters. The molecule has 2 heteroatoms. The molecule has 0 radical (unpaired) electrons. The molecule has 1 heterocycles. The Bertz CT molecular complexity index is 1290. The minimum atomic E-state index is -0.173. The summed E-state index contributed by atoms with van der Waals surface area (Å²) in [6, 6.07) is 27.3. The molecule has 2 aliphatic rings. The lowest BCUT2D eigenvalue weighted by Crippen LogP contribution is -2.44. The summed E-state index contributed by atoms with van der Waals surface area (Å²) in [6.07, 6.45) is 8.26. The lowest BCUT2D eigenvalue weighted by molar-refractivity contribution is 0.0931. The van der Waals surface area contributed by atoms with Crippen LogP contribution in [0.25, 0.3) is 21.5 Å². The monoisotopic (exact) mass is 373 g/mol. The van der Waals surface area contributed by atoms with E-state index in [2.05, 4.69) is 77.7 Å². The van der Waals surface area contributed by atoms with Crippen molar-refractivity contribution in [3.63, 3.8) is 0 Å². The van der Waals surface area contributed by atoms with Gasteiger partial charge in [-0.2, -0.15) is 0 Å². The molecular formula is C27H19NO. The minimum absolute atomic E-state index is 0.0309. The highest BCUT2D eigenvalue weighted by molar-refractivity contribution is 6.16. The van der Waals surface area contributed by atoms with Gasteiger partial charge in [0.25, 0.3) is 0 Å². The van der Waals surface area contributed by atoms with Gasteiger partial charge in [0, 0.05) is 16.3 Å². The largest absolute Gasteiger partial charge is 0.332 e. The molecule has 29 heavy (non-hydrogen) atoms. The van der Waals surface area contributed by atoms with Crippen molar-refractivity contribution in [1.29, 1.82) is 0 Å². The summed E-state index contributed by atoms with van der Waals surface area (Å²) in [5.74, 6) is 0.0274. The Morgan fingerprint density at radius 3 is 2.07 bits per heavy atom. The summed E-state index contributed by atoms with van der Waals surface area (Å²) in [5.41, 5.74) is 2.96. The van der Waals surface area contributed by atoms with Crippen LogP contribution in [0.2, 0.25) is 0 Å². The van der Waals surface area contributed by atoms with Crippen LogP contribution in [0.4, 0.5) is 11.4 Å². The lowest BCUT2D eigenvalue weighted by atomic mass is 9.81. The molecule has 0 amide bonds. The van der Waals surface area contributed by atoms with Gasteiger partial charge in [0.15, 0.2) is 5.78 Å². The van der Waals surface area contributed by atoms with Gasteiger partial charge in [0.05, 0.1) is 23.3 Å². The zero-order valence-corrected chi connectivity index (χ0v) is 15.8. The van der Waals surface area contributed by atoms with Gasteiger partial charge < -0.3 is 4.90 Å². The molecule has 0 fully saturated rings. The van der Waals surface area contributed by atoms with Crippen molar-refractivity contribution in [1.82, 2.24) is 0 Å². The van der Waals surface area contributed by atoms with Crippen LogP contribution in [0, 0.1) is 5.92 Å². The fraction of sp³-hybridized carbons (Fsp3) is 0.0741. The Morgan fingerprint density at radius 2 is 1.31 bits per heavy atom. The predicted octanol–water partition coefficient (Wildman–Crippen LogP) is 6.44. The molecule has 6 rings (SSSR count). The fourth-order valence-corrected chi connectivity index (χ4v) is 4.84. The Hall–Kier alpha value is -3.65. The molecule has 0 saturated carbocycles. The Morgan fingerprint density at radius 1 is 0.690 bits per heavy atom. The smallest absolute Gasteiger partial charge is 0.174 e. The number of para-hydroxylation sites is 1. The molecule has 0 spiro atoms. The first kappa shape index (κ1) is 16.3. The first-order chi connectivity index (χ1) is 14.3. The van der Waals surface area contributed by atoms with Crippen LogP contribution >= 0.6 is 0 Å². The number of hydrogen-bond acceptors (Lipinski definition) is 2. The van der Waals surface area contributed by atoms with Gasteiger partial charge in [0.1, 0.15) is 0 Å². The van der Waals surface area contributed by atoms with Crippen LogP contribution in [0.3, 0.4) is 0 Å². The number of benzene rings is 4. The second-order valence-electron chi connectivity index (χ2n) is 7.71. The van der Waals surface area contributed by atoms with Gasteiger partial charge in [0.2, 0.25) is 0 Å². The van der Waals surface area contributed by atoms with E-state index in [1.165, 1.54) is 27.2 Å². The molecule has 0 saturated heterocycles. The molecule has 2 unspecified atom stereocenters. The molecule has 1 aliphatic carbocycles. The predicted molar refractivity (Wildman–Crippen MR) is 120 cm³/mol. The Labute approximate surface area is 169 Å². The van der Waals surface area contributed by atoms with Crippen molar-refractivity contribution < 1.29 is 4.79 Å². The van der Waals surface area contributed by atoms with Gasteiger partial charge in [-0.1, -0.05) is 85.0 Å². The number of fused-ring (bicyclic) bond motifs is 4. The Kier molecular flexibility index (Phi) is 3.48. The number of carbonyl (C=O) groups is 1. The summed E-state index contributed by atoms with van der Waals surface area (Å²) in [6.45, 7) is 0. The maximum absolute atomic E-state index is 13.2. The van der Waals surface area contributed by atoms with Crippen LogP contribution < -0.4 is 4.90 Å². The molecule has 1 aliphatic heterocycles. The summed E-state index contributed by atoms with van der Waals surface area (Å²) in [5, 5.41) is 4.83. The lowest BCUT2D eigenvalue weighted by Gasteiger charge is -2.42. The molecule has 138 valence electrons. The van der Waals surface area contributed by atoms with Crippen LogP contribution in [0.1, 0.15) is 10.4 Å². The molecule has 0 N–H and O–H groups in total. The number of allylic oxidation sites excluding steroid dienone is 2. The van der Waals surface area contributed by atoms with Crippen molar-refractivity contribution in [2.75, 3.05) is 4.90 Å². The van der Waals surface area contributed by atoms with Crippen LogP contribution in [-0.4, -0.2) is 11.8 Å².